The number of aromatic nitrogens is 1. The summed E-state index contributed by atoms with van der Waals surface area (Å²) >= 11 is 1.16. The lowest BCUT2D eigenvalue weighted by molar-refractivity contribution is 0.0691. The largest absolute Gasteiger partial charge is 0.476 e. The highest BCUT2D eigenvalue weighted by atomic mass is 32.1. The molecule has 2 aromatic rings. The normalized spacial score (nSPS) is 14.9. The molecule has 25 heavy (non-hydrogen) atoms. The van der Waals surface area contributed by atoms with E-state index >= 15 is 0 Å². The van der Waals surface area contributed by atoms with Crippen molar-refractivity contribution in [1.82, 2.24) is 4.98 Å². The minimum Gasteiger partial charge on any atom is -0.476 e. The summed E-state index contributed by atoms with van der Waals surface area (Å²) in [6.45, 7) is 0.181. The number of ether oxygens (including phenoxy) is 1. The molecule has 1 aliphatic rings. The highest BCUT2D eigenvalue weighted by molar-refractivity contribution is 7.14. The number of anilines is 1. The van der Waals surface area contributed by atoms with E-state index < -0.39 is 12.1 Å². The number of carbonyl (C=O) groups is 2. The molecule has 1 amide bonds. The summed E-state index contributed by atoms with van der Waals surface area (Å²) in [5.41, 5.74) is 0.862. The van der Waals surface area contributed by atoms with Crippen LogP contribution in [0.4, 0.5) is 9.93 Å². The average Bonchev–Trinajstić information content (AvgIpc) is 3.12. The topological polar surface area (TPSA) is 79.7 Å². The predicted molar refractivity (Wildman–Crippen MR) is 95.1 cm³/mol. The fraction of sp³-hybridized carbons (Fsp3) is 0.389. The van der Waals surface area contributed by atoms with E-state index in [1.54, 1.807) is 4.90 Å². The highest BCUT2D eigenvalue weighted by Gasteiger charge is 2.30. The monoisotopic (exact) mass is 360 g/mol. The summed E-state index contributed by atoms with van der Waals surface area (Å²) in [4.78, 5) is 29.5. The van der Waals surface area contributed by atoms with Crippen LogP contribution in [0.3, 0.4) is 0 Å². The molecule has 6 nitrogen and oxygen atoms in total. The number of benzene rings is 1. The Kier molecular flexibility index (Phi) is 5.65. The molecule has 0 bridgehead atoms. The summed E-state index contributed by atoms with van der Waals surface area (Å²) in [6.07, 6.45) is 4.53. The molecule has 3 rings (SSSR count). The number of amides is 1. The van der Waals surface area contributed by atoms with Gasteiger partial charge in [-0.05, 0) is 18.4 Å². The number of thiazole rings is 1. The number of nitrogens with zero attached hydrogens (tertiary/aromatic N) is 2. The van der Waals surface area contributed by atoms with Crippen LogP contribution in [0.5, 0.6) is 0 Å². The second-order valence-electron chi connectivity index (χ2n) is 6.02. The quantitative estimate of drug-likeness (QED) is 0.859. The first-order valence-corrected chi connectivity index (χ1v) is 9.22. The second kappa shape index (κ2) is 8.11. The Morgan fingerprint density at radius 3 is 2.56 bits per heavy atom. The molecule has 0 radical (unpaired) electrons. The van der Waals surface area contributed by atoms with Gasteiger partial charge in [-0.3, -0.25) is 0 Å². The summed E-state index contributed by atoms with van der Waals surface area (Å²) in [5.74, 6) is -1.09. The van der Waals surface area contributed by atoms with E-state index in [0.717, 1.165) is 49.0 Å². The SMILES string of the molecule is O=C(O)c1csc(N(C(=O)OCc2ccccc2)C2CCCCC2)n1. The molecular formula is C18H20N2O4S. The van der Waals surface area contributed by atoms with Gasteiger partial charge in [0.05, 0.1) is 0 Å². The van der Waals surface area contributed by atoms with Crippen molar-refractivity contribution in [3.8, 4) is 0 Å². The molecule has 1 N–H and O–H groups in total. The van der Waals surface area contributed by atoms with Crippen molar-refractivity contribution in [1.29, 1.82) is 0 Å². The van der Waals surface area contributed by atoms with Crippen LogP contribution in [0.15, 0.2) is 35.7 Å². The summed E-state index contributed by atoms with van der Waals surface area (Å²) in [5, 5.41) is 10.9. The summed E-state index contributed by atoms with van der Waals surface area (Å²) < 4.78 is 5.47. The Balaban J connectivity index is 1.77. The second-order valence-corrected chi connectivity index (χ2v) is 6.86. The Bertz CT molecular complexity index is 726. The van der Waals surface area contributed by atoms with Crippen molar-refractivity contribution in [2.24, 2.45) is 0 Å². The van der Waals surface area contributed by atoms with Crippen LogP contribution >= 0.6 is 11.3 Å². The maximum Gasteiger partial charge on any atom is 0.416 e. The third kappa shape index (κ3) is 4.36. The molecule has 1 heterocycles. The zero-order valence-electron chi connectivity index (χ0n) is 13.8. The minimum absolute atomic E-state index is 0.00446. The van der Waals surface area contributed by atoms with E-state index in [1.165, 1.54) is 5.38 Å². The van der Waals surface area contributed by atoms with Crippen LogP contribution < -0.4 is 4.90 Å². The van der Waals surface area contributed by atoms with Gasteiger partial charge < -0.3 is 9.84 Å². The first-order valence-electron chi connectivity index (χ1n) is 8.34. The van der Waals surface area contributed by atoms with Gasteiger partial charge in [0.15, 0.2) is 10.8 Å². The van der Waals surface area contributed by atoms with Crippen molar-refractivity contribution < 1.29 is 19.4 Å². The van der Waals surface area contributed by atoms with Gasteiger partial charge >= 0.3 is 12.1 Å². The Morgan fingerprint density at radius 2 is 1.92 bits per heavy atom. The molecule has 7 heteroatoms. The maximum atomic E-state index is 12.7. The van der Waals surface area contributed by atoms with Crippen molar-refractivity contribution in [2.45, 2.75) is 44.8 Å². The van der Waals surface area contributed by atoms with E-state index in [-0.39, 0.29) is 18.3 Å². The van der Waals surface area contributed by atoms with Crippen LogP contribution in [-0.4, -0.2) is 28.2 Å². The number of carboxylic acids is 1. The van der Waals surface area contributed by atoms with Crippen LogP contribution in [0.25, 0.3) is 0 Å². The van der Waals surface area contributed by atoms with E-state index in [2.05, 4.69) is 4.98 Å². The van der Waals surface area contributed by atoms with Gasteiger partial charge in [-0.1, -0.05) is 49.6 Å². The predicted octanol–water partition coefficient (Wildman–Crippen LogP) is 4.32. The van der Waals surface area contributed by atoms with E-state index in [0.29, 0.717) is 5.13 Å². The lowest BCUT2D eigenvalue weighted by Crippen LogP contribution is -2.42. The first-order chi connectivity index (χ1) is 12.1. The van der Waals surface area contributed by atoms with Crippen LogP contribution in [0.1, 0.15) is 48.2 Å². The van der Waals surface area contributed by atoms with Crippen LogP contribution in [-0.2, 0) is 11.3 Å². The fourth-order valence-corrected chi connectivity index (χ4v) is 3.84. The molecule has 1 aromatic heterocycles. The van der Waals surface area contributed by atoms with Gasteiger partial charge in [0.25, 0.3) is 0 Å². The number of rotatable bonds is 5. The summed E-state index contributed by atoms with van der Waals surface area (Å²) in [7, 11) is 0. The highest BCUT2D eigenvalue weighted by Crippen LogP contribution is 2.30. The summed E-state index contributed by atoms with van der Waals surface area (Å²) in [6, 6.07) is 9.48. The van der Waals surface area contributed by atoms with Crippen molar-refractivity contribution in [2.75, 3.05) is 4.90 Å². The molecule has 1 fully saturated rings. The van der Waals surface area contributed by atoms with Crippen molar-refractivity contribution in [3.05, 3.63) is 47.0 Å². The van der Waals surface area contributed by atoms with Gasteiger partial charge in [-0.2, -0.15) is 0 Å². The third-order valence-corrected chi connectivity index (χ3v) is 5.10. The molecular weight excluding hydrogens is 340 g/mol. The van der Waals surface area contributed by atoms with E-state index in [1.807, 2.05) is 30.3 Å². The number of carbonyl (C=O) groups excluding carboxylic acids is 1. The van der Waals surface area contributed by atoms with Crippen molar-refractivity contribution in [3.63, 3.8) is 0 Å². The molecule has 1 aromatic carbocycles. The molecule has 1 aliphatic carbocycles. The first kappa shape index (κ1) is 17.4. The van der Waals surface area contributed by atoms with E-state index in [9.17, 15) is 9.59 Å². The average molecular weight is 360 g/mol. The lowest BCUT2D eigenvalue weighted by atomic mass is 9.95. The minimum atomic E-state index is -1.09. The molecule has 0 aliphatic heterocycles. The van der Waals surface area contributed by atoms with Gasteiger partial charge in [0.1, 0.15) is 6.61 Å². The van der Waals surface area contributed by atoms with Gasteiger partial charge in [-0.25, -0.2) is 19.5 Å². The van der Waals surface area contributed by atoms with Gasteiger partial charge in [0.2, 0.25) is 0 Å². The fourth-order valence-electron chi connectivity index (χ4n) is 2.98. The Hall–Kier alpha value is -2.41. The third-order valence-electron chi connectivity index (χ3n) is 4.26. The smallest absolute Gasteiger partial charge is 0.416 e. The molecule has 0 spiro atoms. The number of carboxylic acid groups (broad SMARTS) is 1. The maximum absolute atomic E-state index is 12.7. The molecule has 132 valence electrons. The molecule has 0 saturated heterocycles. The lowest BCUT2D eigenvalue weighted by Gasteiger charge is -2.31. The number of hydrogen-bond donors (Lipinski definition) is 1. The number of hydrogen-bond acceptors (Lipinski definition) is 5. The molecule has 1 saturated carbocycles. The standard InChI is InChI=1S/C18H20N2O4S/c21-16(22)15-12-25-17(19-15)20(14-9-5-2-6-10-14)18(23)24-11-13-7-3-1-4-8-13/h1,3-4,7-8,12,14H,2,5-6,9-11H2,(H,21,22). The zero-order valence-corrected chi connectivity index (χ0v) is 14.6. The van der Waals surface area contributed by atoms with Crippen molar-refractivity contribution >= 4 is 28.5 Å². The molecule has 0 unspecified atom stereocenters. The number of aromatic carboxylic acids is 1. The zero-order chi connectivity index (χ0) is 17.6. The van der Waals surface area contributed by atoms with E-state index in [4.69, 9.17) is 9.84 Å². The Labute approximate surface area is 150 Å². The van der Waals surface area contributed by atoms with Gasteiger partial charge in [-0.15, -0.1) is 11.3 Å². The molecule has 0 atom stereocenters. The van der Waals surface area contributed by atoms with Crippen LogP contribution in [0.2, 0.25) is 0 Å². The Morgan fingerprint density at radius 1 is 1.20 bits per heavy atom. The van der Waals surface area contributed by atoms with Crippen LogP contribution in [0, 0.1) is 0 Å². The van der Waals surface area contributed by atoms with Gasteiger partial charge in [0, 0.05) is 11.4 Å².